The van der Waals surface area contributed by atoms with Gasteiger partial charge < -0.3 is 15.6 Å². The Morgan fingerprint density at radius 3 is 2.82 bits per heavy atom. The molecule has 1 fully saturated rings. The fourth-order valence-corrected chi connectivity index (χ4v) is 2.19. The first-order valence-electron chi connectivity index (χ1n) is 6.26. The van der Waals surface area contributed by atoms with Gasteiger partial charge in [0.15, 0.2) is 0 Å². The molecule has 1 aromatic rings. The number of rotatable bonds is 4. The van der Waals surface area contributed by atoms with Crippen LogP contribution in [0.2, 0.25) is 0 Å². The molecule has 1 saturated carbocycles. The van der Waals surface area contributed by atoms with Crippen molar-refractivity contribution in [2.75, 3.05) is 6.54 Å². The van der Waals surface area contributed by atoms with E-state index in [1.807, 2.05) is 22.9 Å². The summed E-state index contributed by atoms with van der Waals surface area (Å²) < 4.78 is 1.97. The average Bonchev–Trinajstić information content (AvgIpc) is 2.72. The number of hydrogen-bond acceptors (Lipinski definition) is 2. The van der Waals surface area contributed by atoms with E-state index in [2.05, 4.69) is 19.2 Å². The lowest BCUT2D eigenvalue weighted by molar-refractivity contribution is 0.0919. The molecule has 2 rings (SSSR count). The summed E-state index contributed by atoms with van der Waals surface area (Å²) in [6.45, 7) is 4.70. The number of amides is 1. The molecule has 17 heavy (non-hydrogen) atoms. The molecule has 0 saturated heterocycles. The Bertz CT molecular complexity index is 405. The van der Waals surface area contributed by atoms with Crippen LogP contribution in [0.15, 0.2) is 18.3 Å². The Kier molecular flexibility index (Phi) is 3.24. The van der Waals surface area contributed by atoms with Gasteiger partial charge in [-0.15, -0.1) is 0 Å². The maximum Gasteiger partial charge on any atom is 0.267 e. The number of nitrogens with zero attached hydrogens (tertiary/aromatic N) is 1. The molecule has 4 heteroatoms. The third-order valence-corrected chi connectivity index (χ3v) is 3.52. The van der Waals surface area contributed by atoms with Crippen LogP contribution in [0.25, 0.3) is 0 Å². The van der Waals surface area contributed by atoms with Crippen molar-refractivity contribution in [2.24, 2.45) is 5.73 Å². The second kappa shape index (κ2) is 4.53. The van der Waals surface area contributed by atoms with E-state index < -0.39 is 0 Å². The van der Waals surface area contributed by atoms with Gasteiger partial charge in [-0.1, -0.05) is 0 Å². The minimum Gasteiger partial charge on any atom is -0.349 e. The van der Waals surface area contributed by atoms with Crippen LogP contribution in [0, 0.1) is 0 Å². The fourth-order valence-electron chi connectivity index (χ4n) is 2.19. The van der Waals surface area contributed by atoms with Gasteiger partial charge in [0.05, 0.1) is 0 Å². The first-order chi connectivity index (χ1) is 8.02. The van der Waals surface area contributed by atoms with E-state index in [0.717, 1.165) is 12.8 Å². The van der Waals surface area contributed by atoms with Crippen LogP contribution >= 0.6 is 0 Å². The van der Waals surface area contributed by atoms with E-state index in [4.69, 9.17) is 5.73 Å². The number of aromatic nitrogens is 1. The van der Waals surface area contributed by atoms with Crippen molar-refractivity contribution >= 4 is 5.91 Å². The van der Waals surface area contributed by atoms with Crippen molar-refractivity contribution in [3.05, 3.63) is 24.0 Å². The number of carbonyl (C=O) groups excluding carboxylic acids is 1. The van der Waals surface area contributed by atoms with Crippen molar-refractivity contribution in [3.8, 4) is 0 Å². The quantitative estimate of drug-likeness (QED) is 0.834. The van der Waals surface area contributed by atoms with Crippen LogP contribution < -0.4 is 11.1 Å². The minimum atomic E-state index is -0.162. The lowest BCUT2D eigenvalue weighted by Gasteiger charge is -2.38. The zero-order valence-corrected chi connectivity index (χ0v) is 10.6. The highest BCUT2D eigenvalue weighted by molar-refractivity contribution is 5.92. The number of nitrogens with two attached hydrogens (primary N) is 1. The third-order valence-electron chi connectivity index (χ3n) is 3.52. The van der Waals surface area contributed by atoms with E-state index in [1.165, 1.54) is 6.42 Å². The highest BCUT2D eigenvalue weighted by Crippen LogP contribution is 2.28. The normalized spacial score (nSPS) is 17.9. The van der Waals surface area contributed by atoms with Crippen LogP contribution in [0.5, 0.6) is 0 Å². The highest BCUT2D eigenvalue weighted by atomic mass is 16.1. The molecule has 3 N–H and O–H groups in total. The van der Waals surface area contributed by atoms with Crippen LogP contribution in [-0.2, 0) is 0 Å². The summed E-state index contributed by atoms with van der Waals surface area (Å²) in [7, 11) is 0. The van der Waals surface area contributed by atoms with E-state index >= 15 is 0 Å². The topological polar surface area (TPSA) is 60.0 Å². The molecule has 0 atom stereocenters. The first kappa shape index (κ1) is 12.2. The zero-order chi connectivity index (χ0) is 12.5. The molecular formula is C13H21N3O. The minimum absolute atomic E-state index is 0.0274. The Morgan fingerprint density at radius 2 is 2.29 bits per heavy atom. The van der Waals surface area contributed by atoms with Gasteiger partial charge in [-0.25, -0.2) is 0 Å². The van der Waals surface area contributed by atoms with Gasteiger partial charge in [-0.2, -0.15) is 0 Å². The number of carbonyl (C=O) groups is 1. The maximum absolute atomic E-state index is 12.0. The summed E-state index contributed by atoms with van der Waals surface area (Å²) in [5.74, 6) is -0.0274. The van der Waals surface area contributed by atoms with E-state index in [1.54, 1.807) is 0 Å². The van der Waals surface area contributed by atoms with Gasteiger partial charge in [0.2, 0.25) is 0 Å². The Labute approximate surface area is 102 Å². The van der Waals surface area contributed by atoms with E-state index in [9.17, 15) is 4.79 Å². The van der Waals surface area contributed by atoms with Gasteiger partial charge in [0.1, 0.15) is 5.69 Å². The molecule has 1 aromatic heterocycles. The van der Waals surface area contributed by atoms with Crippen molar-refractivity contribution in [2.45, 2.75) is 44.7 Å². The molecule has 1 aliphatic carbocycles. The largest absolute Gasteiger partial charge is 0.349 e. The standard InChI is InChI=1S/C13H21N3O/c1-10(2)16-8-3-5-11(16)12(17)15-9-13(14)6-4-7-13/h3,5,8,10H,4,6-7,9,14H2,1-2H3,(H,15,17). The SMILES string of the molecule is CC(C)n1cccc1C(=O)NCC1(N)CCC1. The Hall–Kier alpha value is -1.29. The molecule has 0 radical (unpaired) electrons. The zero-order valence-electron chi connectivity index (χ0n) is 10.6. The molecule has 94 valence electrons. The van der Waals surface area contributed by atoms with Gasteiger partial charge in [0, 0.05) is 24.3 Å². The van der Waals surface area contributed by atoms with Crippen LogP contribution in [0.4, 0.5) is 0 Å². The molecule has 0 aliphatic heterocycles. The Balaban J connectivity index is 1.97. The second-order valence-corrected chi connectivity index (χ2v) is 5.29. The molecule has 1 aliphatic rings. The molecule has 0 spiro atoms. The molecule has 1 heterocycles. The van der Waals surface area contributed by atoms with Crippen molar-refractivity contribution < 1.29 is 4.79 Å². The lowest BCUT2D eigenvalue weighted by Crippen LogP contribution is -2.55. The molecule has 1 amide bonds. The summed E-state index contributed by atoms with van der Waals surface area (Å²) in [6, 6.07) is 4.04. The van der Waals surface area contributed by atoms with Gasteiger partial charge >= 0.3 is 0 Å². The second-order valence-electron chi connectivity index (χ2n) is 5.29. The number of nitrogens with one attached hydrogen (secondary N) is 1. The monoisotopic (exact) mass is 235 g/mol. The summed E-state index contributed by atoms with van der Waals surface area (Å²) in [5.41, 5.74) is 6.63. The predicted octanol–water partition coefficient (Wildman–Crippen LogP) is 1.68. The third kappa shape index (κ3) is 2.52. The Morgan fingerprint density at radius 1 is 1.59 bits per heavy atom. The summed E-state index contributed by atoms with van der Waals surface area (Å²) >= 11 is 0. The predicted molar refractivity (Wildman–Crippen MR) is 67.9 cm³/mol. The lowest BCUT2D eigenvalue weighted by atomic mass is 9.78. The van der Waals surface area contributed by atoms with Crippen LogP contribution in [0.1, 0.15) is 49.6 Å². The van der Waals surface area contributed by atoms with Gasteiger partial charge in [0.25, 0.3) is 5.91 Å². The van der Waals surface area contributed by atoms with Crippen LogP contribution in [0.3, 0.4) is 0 Å². The molecular weight excluding hydrogens is 214 g/mol. The van der Waals surface area contributed by atoms with E-state index in [-0.39, 0.29) is 11.4 Å². The van der Waals surface area contributed by atoms with Gasteiger partial charge in [-0.3, -0.25) is 4.79 Å². The van der Waals surface area contributed by atoms with Crippen molar-refractivity contribution in [3.63, 3.8) is 0 Å². The smallest absolute Gasteiger partial charge is 0.267 e. The average molecular weight is 235 g/mol. The van der Waals surface area contributed by atoms with Crippen molar-refractivity contribution in [1.82, 2.24) is 9.88 Å². The molecule has 0 bridgehead atoms. The fraction of sp³-hybridized carbons (Fsp3) is 0.615. The highest BCUT2D eigenvalue weighted by Gasteiger charge is 2.32. The number of hydrogen-bond donors (Lipinski definition) is 2. The van der Waals surface area contributed by atoms with E-state index in [0.29, 0.717) is 18.3 Å². The summed E-state index contributed by atoms with van der Waals surface area (Å²) in [6.07, 6.45) is 5.13. The van der Waals surface area contributed by atoms with Crippen LogP contribution in [-0.4, -0.2) is 22.6 Å². The maximum atomic E-state index is 12.0. The summed E-state index contributed by atoms with van der Waals surface area (Å²) in [5, 5.41) is 2.94. The molecule has 0 unspecified atom stereocenters. The molecule has 4 nitrogen and oxygen atoms in total. The molecule has 0 aromatic carbocycles. The summed E-state index contributed by atoms with van der Waals surface area (Å²) in [4.78, 5) is 12.0. The van der Waals surface area contributed by atoms with Crippen molar-refractivity contribution in [1.29, 1.82) is 0 Å². The van der Waals surface area contributed by atoms with Gasteiger partial charge in [-0.05, 0) is 45.2 Å². The first-order valence-corrected chi connectivity index (χ1v) is 6.26.